The highest BCUT2D eigenvalue weighted by Crippen LogP contribution is 2.39. The number of anilines is 1. The molecule has 150 valence electrons. The van der Waals surface area contributed by atoms with Crippen LogP contribution in [-0.4, -0.2) is 50.1 Å². The lowest BCUT2D eigenvalue weighted by molar-refractivity contribution is -0.121. The summed E-state index contributed by atoms with van der Waals surface area (Å²) in [6, 6.07) is 12.4. The summed E-state index contributed by atoms with van der Waals surface area (Å²) in [5.41, 5.74) is 2.79. The van der Waals surface area contributed by atoms with Gasteiger partial charge in [0.05, 0.1) is 31.6 Å². The molecular formula is C22H21ClN2O4. The second kappa shape index (κ2) is 7.89. The second-order valence-electron chi connectivity index (χ2n) is 6.95. The molecule has 1 fully saturated rings. The van der Waals surface area contributed by atoms with Gasteiger partial charge >= 0.3 is 0 Å². The fraction of sp³-hybridized carbons (Fsp3) is 0.273. The maximum Gasteiger partial charge on any atom is 0.282 e. The van der Waals surface area contributed by atoms with Crippen LogP contribution < -0.4 is 9.64 Å². The maximum atomic E-state index is 13.5. The number of hydrogen-bond acceptors (Lipinski definition) is 5. The molecule has 6 nitrogen and oxygen atoms in total. The molecule has 0 atom stereocenters. The van der Waals surface area contributed by atoms with Gasteiger partial charge in [0.2, 0.25) is 0 Å². The van der Waals surface area contributed by atoms with E-state index in [0.29, 0.717) is 59.6 Å². The van der Waals surface area contributed by atoms with E-state index in [1.807, 2.05) is 17.9 Å². The Labute approximate surface area is 174 Å². The Morgan fingerprint density at radius 2 is 1.69 bits per heavy atom. The first-order valence-electron chi connectivity index (χ1n) is 9.37. The quantitative estimate of drug-likeness (QED) is 0.721. The largest absolute Gasteiger partial charge is 0.495 e. The molecule has 0 spiro atoms. The number of aryl methyl sites for hydroxylation is 1. The van der Waals surface area contributed by atoms with Crippen LogP contribution in [0.15, 0.2) is 48.2 Å². The van der Waals surface area contributed by atoms with E-state index in [-0.39, 0.29) is 11.8 Å². The molecular weight excluding hydrogens is 392 g/mol. The summed E-state index contributed by atoms with van der Waals surface area (Å²) in [7, 11) is 1.52. The zero-order valence-corrected chi connectivity index (χ0v) is 17.0. The third kappa shape index (κ3) is 3.50. The van der Waals surface area contributed by atoms with Crippen LogP contribution >= 0.6 is 11.6 Å². The zero-order valence-electron chi connectivity index (χ0n) is 16.3. The number of carbonyl (C=O) groups excluding carboxylic acids is 2. The second-order valence-corrected chi connectivity index (χ2v) is 7.39. The Kier molecular flexibility index (Phi) is 5.30. The molecule has 4 rings (SSSR count). The van der Waals surface area contributed by atoms with Crippen LogP contribution in [-0.2, 0) is 14.3 Å². The molecule has 0 aliphatic carbocycles. The van der Waals surface area contributed by atoms with E-state index in [1.54, 1.807) is 36.4 Å². The van der Waals surface area contributed by atoms with Crippen molar-refractivity contribution in [1.29, 1.82) is 0 Å². The minimum Gasteiger partial charge on any atom is -0.495 e. The topological polar surface area (TPSA) is 59.1 Å². The normalized spacial score (nSPS) is 17.3. The van der Waals surface area contributed by atoms with Crippen molar-refractivity contribution in [3.63, 3.8) is 0 Å². The monoisotopic (exact) mass is 412 g/mol. The third-order valence-corrected chi connectivity index (χ3v) is 5.35. The fourth-order valence-electron chi connectivity index (χ4n) is 3.67. The van der Waals surface area contributed by atoms with Crippen LogP contribution in [0.1, 0.15) is 11.1 Å². The highest BCUT2D eigenvalue weighted by molar-refractivity contribution is 6.45. The lowest BCUT2D eigenvalue weighted by Gasteiger charge is -2.29. The highest BCUT2D eigenvalue weighted by atomic mass is 35.5. The maximum absolute atomic E-state index is 13.5. The van der Waals surface area contributed by atoms with Gasteiger partial charge in [0.1, 0.15) is 11.4 Å². The molecule has 29 heavy (non-hydrogen) atoms. The predicted octanol–water partition coefficient (Wildman–Crippen LogP) is 3.27. The number of methoxy groups -OCH3 is 1. The van der Waals surface area contributed by atoms with Gasteiger partial charge in [-0.1, -0.05) is 29.8 Å². The van der Waals surface area contributed by atoms with E-state index in [0.717, 1.165) is 5.56 Å². The molecule has 2 aromatic rings. The first kappa shape index (κ1) is 19.5. The molecule has 2 heterocycles. The summed E-state index contributed by atoms with van der Waals surface area (Å²) in [6.07, 6.45) is 0. The Morgan fingerprint density at radius 3 is 2.34 bits per heavy atom. The van der Waals surface area contributed by atoms with Crippen LogP contribution in [0.5, 0.6) is 5.75 Å². The first-order valence-corrected chi connectivity index (χ1v) is 9.75. The van der Waals surface area contributed by atoms with Crippen LogP contribution in [0.3, 0.4) is 0 Å². The number of nitrogens with zero attached hydrogens (tertiary/aromatic N) is 2. The lowest BCUT2D eigenvalue weighted by Crippen LogP contribution is -2.40. The average molecular weight is 413 g/mol. The number of carbonyl (C=O) groups is 2. The van der Waals surface area contributed by atoms with E-state index in [1.165, 1.54) is 12.0 Å². The van der Waals surface area contributed by atoms with Crippen LogP contribution in [0.2, 0.25) is 5.02 Å². The number of amides is 2. The van der Waals surface area contributed by atoms with E-state index < -0.39 is 0 Å². The Hall–Kier alpha value is -2.83. The molecule has 2 amide bonds. The minimum atomic E-state index is -0.372. The summed E-state index contributed by atoms with van der Waals surface area (Å²) in [6.45, 7) is 4.01. The van der Waals surface area contributed by atoms with Gasteiger partial charge in [0.15, 0.2) is 0 Å². The van der Waals surface area contributed by atoms with Crippen molar-refractivity contribution in [2.24, 2.45) is 0 Å². The molecule has 0 radical (unpaired) electrons. The average Bonchev–Trinajstić information content (AvgIpc) is 2.99. The van der Waals surface area contributed by atoms with E-state index in [4.69, 9.17) is 21.1 Å². The highest BCUT2D eigenvalue weighted by Gasteiger charge is 2.43. The van der Waals surface area contributed by atoms with Gasteiger partial charge in [-0.15, -0.1) is 0 Å². The summed E-state index contributed by atoms with van der Waals surface area (Å²) in [4.78, 5) is 30.2. The van der Waals surface area contributed by atoms with Crippen molar-refractivity contribution >= 4 is 34.7 Å². The number of benzene rings is 2. The van der Waals surface area contributed by atoms with Gasteiger partial charge in [-0.05, 0) is 42.3 Å². The Morgan fingerprint density at radius 1 is 1.00 bits per heavy atom. The summed E-state index contributed by atoms with van der Waals surface area (Å²) >= 11 is 6.03. The summed E-state index contributed by atoms with van der Waals surface area (Å²) in [5.74, 6) is -0.260. The Bertz CT molecular complexity index is 994. The molecule has 0 saturated carbocycles. The number of hydrogen-bond donors (Lipinski definition) is 0. The van der Waals surface area contributed by atoms with Gasteiger partial charge in [-0.2, -0.15) is 0 Å². The number of morpholine rings is 1. The predicted molar refractivity (Wildman–Crippen MR) is 111 cm³/mol. The molecule has 0 aromatic heterocycles. The van der Waals surface area contributed by atoms with Gasteiger partial charge in [0.25, 0.3) is 11.8 Å². The van der Waals surface area contributed by atoms with E-state index >= 15 is 0 Å². The smallest absolute Gasteiger partial charge is 0.282 e. The molecule has 0 bridgehead atoms. The molecule has 1 saturated heterocycles. The minimum absolute atomic E-state index is 0.356. The van der Waals surface area contributed by atoms with Crippen LogP contribution in [0.4, 0.5) is 5.69 Å². The molecule has 7 heteroatoms. The third-order valence-electron chi connectivity index (χ3n) is 5.09. The van der Waals surface area contributed by atoms with Crippen LogP contribution in [0, 0.1) is 6.92 Å². The van der Waals surface area contributed by atoms with Crippen molar-refractivity contribution in [2.45, 2.75) is 6.92 Å². The number of halogens is 1. The molecule has 0 N–H and O–H groups in total. The van der Waals surface area contributed by atoms with Crippen molar-refractivity contribution in [3.05, 3.63) is 64.3 Å². The van der Waals surface area contributed by atoms with Crippen LogP contribution in [0.25, 0.3) is 5.57 Å². The van der Waals surface area contributed by atoms with E-state index in [9.17, 15) is 9.59 Å². The SMILES string of the molecule is COc1ccc(C)cc1N1C(=O)C(c2ccc(Cl)cc2)=C(N2CCOCC2)C1=O. The fourth-order valence-corrected chi connectivity index (χ4v) is 3.79. The first-order chi connectivity index (χ1) is 14.0. The molecule has 0 unspecified atom stereocenters. The van der Waals surface area contributed by atoms with Crippen molar-refractivity contribution < 1.29 is 19.1 Å². The van der Waals surface area contributed by atoms with Crippen molar-refractivity contribution in [2.75, 3.05) is 38.3 Å². The van der Waals surface area contributed by atoms with Gasteiger partial charge < -0.3 is 14.4 Å². The molecule has 2 aliphatic rings. The van der Waals surface area contributed by atoms with E-state index in [2.05, 4.69) is 0 Å². The molecule has 2 aromatic carbocycles. The molecule has 2 aliphatic heterocycles. The number of ether oxygens (including phenoxy) is 2. The van der Waals surface area contributed by atoms with Gasteiger partial charge in [0, 0.05) is 18.1 Å². The summed E-state index contributed by atoms with van der Waals surface area (Å²) in [5, 5.41) is 0.566. The number of rotatable bonds is 4. The summed E-state index contributed by atoms with van der Waals surface area (Å²) < 4.78 is 10.9. The van der Waals surface area contributed by atoms with Gasteiger partial charge in [-0.3, -0.25) is 9.59 Å². The van der Waals surface area contributed by atoms with Gasteiger partial charge in [-0.25, -0.2) is 4.90 Å². The standard InChI is InChI=1S/C22H21ClN2O4/c1-14-3-8-18(28-2)17(13-14)25-21(26)19(15-4-6-16(23)7-5-15)20(22(25)27)24-9-11-29-12-10-24/h3-8,13H,9-12H2,1-2H3. The van der Waals surface area contributed by atoms with Crippen molar-refractivity contribution in [1.82, 2.24) is 4.90 Å². The number of imide groups is 1. The zero-order chi connectivity index (χ0) is 20.5. The lowest BCUT2D eigenvalue weighted by atomic mass is 10.0. The Balaban J connectivity index is 1.86. The van der Waals surface area contributed by atoms with Crippen molar-refractivity contribution in [3.8, 4) is 5.75 Å².